The van der Waals surface area contributed by atoms with Gasteiger partial charge in [-0.05, 0) is 12.0 Å². The minimum Gasteiger partial charge on any atom is -0.383 e. The Morgan fingerprint density at radius 2 is 2.06 bits per heavy atom. The standard InChI is InChI=1S/C14H20N2O/c1-3-7-13(10-15)16-14(11-17-2)12-8-5-4-6-9-12/h4-6,8-9,13-14,16H,3,7,11H2,1-2H3/t13-,14-/m1/s1. The van der Waals surface area contributed by atoms with E-state index in [2.05, 4.69) is 30.4 Å². The van der Waals surface area contributed by atoms with Crippen LogP contribution in [0.3, 0.4) is 0 Å². The lowest BCUT2D eigenvalue weighted by Gasteiger charge is -2.21. The van der Waals surface area contributed by atoms with Crippen molar-refractivity contribution in [2.75, 3.05) is 13.7 Å². The minimum absolute atomic E-state index is 0.0809. The summed E-state index contributed by atoms with van der Waals surface area (Å²) in [6.07, 6.45) is 1.86. The van der Waals surface area contributed by atoms with Crippen molar-refractivity contribution in [3.8, 4) is 6.07 Å². The predicted octanol–water partition coefficient (Wildman–Crippen LogP) is 2.66. The van der Waals surface area contributed by atoms with E-state index in [0.717, 1.165) is 18.4 Å². The van der Waals surface area contributed by atoms with Crippen LogP contribution in [0.5, 0.6) is 0 Å². The van der Waals surface area contributed by atoms with Crippen molar-refractivity contribution < 1.29 is 4.74 Å². The summed E-state index contributed by atoms with van der Waals surface area (Å²) in [6.45, 7) is 2.66. The first kappa shape index (κ1) is 13.7. The highest BCUT2D eigenvalue weighted by molar-refractivity contribution is 5.19. The van der Waals surface area contributed by atoms with Gasteiger partial charge in [-0.25, -0.2) is 0 Å². The average Bonchev–Trinajstić information content (AvgIpc) is 2.38. The molecule has 0 saturated carbocycles. The van der Waals surface area contributed by atoms with Crippen LogP contribution in [-0.4, -0.2) is 19.8 Å². The number of nitrogens with zero attached hydrogens (tertiary/aromatic N) is 1. The Kier molecular flexibility index (Phi) is 6.31. The second-order valence-corrected chi connectivity index (χ2v) is 4.06. The Labute approximate surface area is 103 Å². The van der Waals surface area contributed by atoms with Crippen LogP contribution in [0.4, 0.5) is 0 Å². The highest BCUT2D eigenvalue weighted by Gasteiger charge is 2.15. The maximum absolute atomic E-state index is 9.07. The number of hydrogen-bond donors (Lipinski definition) is 1. The zero-order chi connectivity index (χ0) is 12.5. The molecule has 0 aliphatic carbocycles. The van der Waals surface area contributed by atoms with Crippen molar-refractivity contribution in [1.82, 2.24) is 5.32 Å². The Morgan fingerprint density at radius 1 is 1.35 bits per heavy atom. The molecule has 2 atom stereocenters. The molecule has 3 heteroatoms. The molecular formula is C14H20N2O. The minimum atomic E-state index is -0.111. The number of nitrogens with one attached hydrogen (secondary N) is 1. The first-order valence-corrected chi connectivity index (χ1v) is 6.01. The summed E-state index contributed by atoms with van der Waals surface area (Å²) in [5, 5.41) is 12.4. The lowest BCUT2D eigenvalue weighted by atomic mass is 10.1. The van der Waals surface area contributed by atoms with Gasteiger partial charge in [0.2, 0.25) is 0 Å². The quantitative estimate of drug-likeness (QED) is 0.786. The maximum atomic E-state index is 9.07. The third-order valence-electron chi connectivity index (χ3n) is 2.67. The van der Waals surface area contributed by atoms with E-state index < -0.39 is 0 Å². The Balaban J connectivity index is 2.70. The molecule has 1 aromatic carbocycles. The molecular weight excluding hydrogens is 212 g/mol. The van der Waals surface area contributed by atoms with E-state index in [9.17, 15) is 0 Å². The number of benzene rings is 1. The molecule has 0 bridgehead atoms. The van der Waals surface area contributed by atoms with E-state index >= 15 is 0 Å². The highest BCUT2D eigenvalue weighted by Crippen LogP contribution is 2.14. The van der Waals surface area contributed by atoms with Gasteiger partial charge < -0.3 is 4.74 Å². The number of nitriles is 1. The molecule has 17 heavy (non-hydrogen) atoms. The van der Waals surface area contributed by atoms with Crippen molar-refractivity contribution in [3.05, 3.63) is 35.9 Å². The summed E-state index contributed by atoms with van der Waals surface area (Å²) < 4.78 is 5.21. The lowest BCUT2D eigenvalue weighted by molar-refractivity contribution is 0.163. The normalized spacial score (nSPS) is 13.9. The second kappa shape index (κ2) is 7.83. The van der Waals surface area contributed by atoms with Gasteiger partial charge in [-0.1, -0.05) is 43.7 Å². The van der Waals surface area contributed by atoms with Crippen LogP contribution in [0.2, 0.25) is 0 Å². The first-order valence-electron chi connectivity index (χ1n) is 6.01. The molecule has 0 saturated heterocycles. The molecule has 1 aromatic rings. The fourth-order valence-corrected chi connectivity index (χ4v) is 1.81. The molecule has 3 nitrogen and oxygen atoms in total. The molecule has 0 heterocycles. The van der Waals surface area contributed by atoms with Crippen molar-refractivity contribution in [2.24, 2.45) is 0 Å². The van der Waals surface area contributed by atoms with Gasteiger partial charge in [-0.3, -0.25) is 5.32 Å². The summed E-state index contributed by atoms with van der Waals surface area (Å²) in [4.78, 5) is 0. The largest absolute Gasteiger partial charge is 0.383 e. The molecule has 0 radical (unpaired) electrons. The van der Waals surface area contributed by atoms with Crippen LogP contribution in [0.15, 0.2) is 30.3 Å². The van der Waals surface area contributed by atoms with Gasteiger partial charge >= 0.3 is 0 Å². The number of rotatable bonds is 7. The average molecular weight is 232 g/mol. The summed E-state index contributed by atoms with van der Waals surface area (Å²) in [5.74, 6) is 0. The van der Waals surface area contributed by atoms with Gasteiger partial charge in [-0.15, -0.1) is 0 Å². The molecule has 0 aromatic heterocycles. The first-order chi connectivity index (χ1) is 8.31. The van der Waals surface area contributed by atoms with E-state index in [4.69, 9.17) is 10.00 Å². The maximum Gasteiger partial charge on any atom is 0.0958 e. The van der Waals surface area contributed by atoms with Crippen molar-refractivity contribution in [1.29, 1.82) is 5.26 Å². The van der Waals surface area contributed by atoms with Gasteiger partial charge in [0, 0.05) is 7.11 Å². The van der Waals surface area contributed by atoms with Gasteiger partial charge in [0.05, 0.1) is 24.8 Å². The Morgan fingerprint density at radius 3 is 2.59 bits per heavy atom. The predicted molar refractivity (Wildman–Crippen MR) is 68.5 cm³/mol. The fraction of sp³-hybridized carbons (Fsp3) is 0.500. The third kappa shape index (κ3) is 4.56. The Hall–Kier alpha value is -1.37. The van der Waals surface area contributed by atoms with E-state index in [-0.39, 0.29) is 12.1 Å². The van der Waals surface area contributed by atoms with Crippen LogP contribution >= 0.6 is 0 Å². The van der Waals surface area contributed by atoms with Crippen molar-refractivity contribution >= 4 is 0 Å². The molecule has 0 aliphatic heterocycles. The lowest BCUT2D eigenvalue weighted by Crippen LogP contribution is -2.34. The molecule has 0 spiro atoms. The summed E-state index contributed by atoms with van der Waals surface area (Å²) in [7, 11) is 1.68. The molecule has 0 aliphatic rings. The molecule has 1 rings (SSSR count). The zero-order valence-corrected chi connectivity index (χ0v) is 10.5. The number of ether oxygens (including phenoxy) is 1. The van der Waals surface area contributed by atoms with Gasteiger partial charge in [0.25, 0.3) is 0 Å². The summed E-state index contributed by atoms with van der Waals surface area (Å²) in [5.41, 5.74) is 1.16. The van der Waals surface area contributed by atoms with Crippen LogP contribution in [0.25, 0.3) is 0 Å². The molecule has 0 amide bonds. The van der Waals surface area contributed by atoms with Gasteiger partial charge in [0.1, 0.15) is 0 Å². The van der Waals surface area contributed by atoms with Crippen LogP contribution in [0, 0.1) is 11.3 Å². The monoisotopic (exact) mass is 232 g/mol. The van der Waals surface area contributed by atoms with Crippen LogP contribution < -0.4 is 5.32 Å². The zero-order valence-electron chi connectivity index (χ0n) is 10.5. The van der Waals surface area contributed by atoms with Gasteiger partial charge in [0.15, 0.2) is 0 Å². The smallest absolute Gasteiger partial charge is 0.0958 e. The molecule has 92 valence electrons. The second-order valence-electron chi connectivity index (χ2n) is 4.06. The fourth-order valence-electron chi connectivity index (χ4n) is 1.81. The molecule has 0 unspecified atom stereocenters. The highest BCUT2D eigenvalue weighted by atomic mass is 16.5. The topological polar surface area (TPSA) is 45.0 Å². The SMILES string of the molecule is CCC[C@H](C#N)N[C@H](COC)c1ccccc1. The number of methoxy groups -OCH3 is 1. The summed E-state index contributed by atoms with van der Waals surface area (Å²) in [6, 6.07) is 12.4. The summed E-state index contributed by atoms with van der Waals surface area (Å²) >= 11 is 0. The Bertz CT molecular complexity index is 345. The van der Waals surface area contributed by atoms with Crippen LogP contribution in [0.1, 0.15) is 31.4 Å². The third-order valence-corrected chi connectivity index (χ3v) is 2.67. The van der Waals surface area contributed by atoms with E-state index in [1.807, 2.05) is 18.2 Å². The van der Waals surface area contributed by atoms with Gasteiger partial charge in [-0.2, -0.15) is 5.26 Å². The van der Waals surface area contributed by atoms with E-state index in [0.29, 0.717) is 6.61 Å². The van der Waals surface area contributed by atoms with E-state index in [1.165, 1.54) is 0 Å². The van der Waals surface area contributed by atoms with E-state index in [1.54, 1.807) is 7.11 Å². The van der Waals surface area contributed by atoms with Crippen molar-refractivity contribution in [3.63, 3.8) is 0 Å². The number of hydrogen-bond acceptors (Lipinski definition) is 3. The van der Waals surface area contributed by atoms with Crippen molar-refractivity contribution in [2.45, 2.75) is 31.8 Å². The molecule has 1 N–H and O–H groups in total. The van der Waals surface area contributed by atoms with Crippen LogP contribution in [-0.2, 0) is 4.74 Å². The molecule has 0 fully saturated rings.